The molecule has 1 fully saturated rings. The number of rotatable bonds is 2. The van der Waals surface area contributed by atoms with Crippen LogP contribution in [0.1, 0.15) is 34.6 Å². The Morgan fingerprint density at radius 2 is 1.89 bits per heavy atom. The molecule has 0 aromatic carbocycles. The van der Waals surface area contributed by atoms with Crippen LogP contribution in [-0.4, -0.2) is 45.5 Å². The number of hydrogen-bond donors (Lipinski definition) is 1. The van der Waals surface area contributed by atoms with Crippen molar-refractivity contribution in [2.45, 2.75) is 39.4 Å². The van der Waals surface area contributed by atoms with Gasteiger partial charge >= 0.3 is 5.97 Å². The Kier molecular flexibility index (Phi) is 4.36. The van der Waals surface area contributed by atoms with E-state index in [4.69, 9.17) is 0 Å². The first kappa shape index (κ1) is 15.3. The first-order chi connectivity index (χ1) is 8.04. The van der Waals surface area contributed by atoms with Crippen LogP contribution in [0.3, 0.4) is 0 Å². The van der Waals surface area contributed by atoms with Gasteiger partial charge in [0.25, 0.3) is 0 Å². The molecule has 1 amide bonds. The van der Waals surface area contributed by atoms with Crippen molar-refractivity contribution in [1.82, 2.24) is 4.90 Å². The van der Waals surface area contributed by atoms with E-state index in [1.165, 1.54) is 0 Å². The molecular weight excluding hydrogens is 250 g/mol. The monoisotopic (exact) mass is 273 g/mol. The van der Waals surface area contributed by atoms with Crippen LogP contribution in [0.2, 0.25) is 0 Å². The van der Waals surface area contributed by atoms with Gasteiger partial charge in [0.2, 0.25) is 5.91 Å². The minimum absolute atomic E-state index is 0.00878. The molecule has 1 aliphatic rings. The first-order valence-corrected chi connectivity index (χ1v) is 7.19. The third-order valence-electron chi connectivity index (χ3n) is 3.10. The minimum atomic E-state index is -1.02. The predicted molar refractivity (Wildman–Crippen MR) is 73.7 cm³/mol. The maximum Gasteiger partial charge on any atom is 0.316 e. The van der Waals surface area contributed by atoms with Gasteiger partial charge < -0.3 is 10.0 Å². The van der Waals surface area contributed by atoms with Crippen LogP contribution < -0.4 is 0 Å². The Hall–Kier alpha value is -0.710. The Bertz CT molecular complexity index is 347. The van der Waals surface area contributed by atoms with E-state index < -0.39 is 17.3 Å². The van der Waals surface area contributed by atoms with Crippen LogP contribution in [0.4, 0.5) is 0 Å². The van der Waals surface area contributed by atoms with Crippen LogP contribution in [0, 0.1) is 11.3 Å². The minimum Gasteiger partial charge on any atom is -0.481 e. The second kappa shape index (κ2) is 5.11. The molecule has 0 saturated carbocycles. The second-order valence-electron chi connectivity index (χ2n) is 6.51. The van der Waals surface area contributed by atoms with Gasteiger partial charge in [-0.3, -0.25) is 9.59 Å². The van der Waals surface area contributed by atoms with Crippen molar-refractivity contribution in [2.75, 3.05) is 18.8 Å². The number of aliphatic carboxylic acids is 1. The van der Waals surface area contributed by atoms with Gasteiger partial charge in [-0.2, -0.15) is 11.8 Å². The molecule has 0 aromatic rings. The van der Waals surface area contributed by atoms with Gasteiger partial charge in [0.05, 0.1) is 0 Å². The number of carboxylic acid groups (broad SMARTS) is 1. The molecule has 0 bridgehead atoms. The van der Waals surface area contributed by atoms with Gasteiger partial charge in [-0.05, 0) is 19.3 Å². The van der Waals surface area contributed by atoms with Crippen molar-refractivity contribution >= 4 is 23.6 Å². The van der Waals surface area contributed by atoms with Crippen LogP contribution >= 0.6 is 11.8 Å². The highest BCUT2D eigenvalue weighted by atomic mass is 32.2. The quantitative estimate of drug-likeness (QED) is 0.783. The topological polar surface area (TPSA) is 57.6 Å². The molecule has 4 nitrogen and oxygen atoms in total. The molecule has 1 heterocycles. The predicted octanol–water partition coefficient (Wildman–Crippen LogP) is 2.09. The van der Waals surface area contributed by atoms with E-state index in [-0.39, 0.29) is 10.7 Å². The summed E-state index contributed by atoms with van der Waals surface area (Å²) in [6.07, 6.45) is 0. The molecule has 1 N–H and O–H groups in total. The van der Waals surface area contributed by atoms with Crippen LogP contribution in [0.5, 0.6) is 0 Å². The molecule has 1 rings (SSSR count). The maximum absolute atomic E-state index is 12.4. The normalized spacial score (nSPS) is 21.5. The number of carbonyl (C=O) groups is 2. The summed E-state index contributed by atoms with van der Waals surface area (Å²) in [5.41, 5.74) is -0.558. The summed E-state index contributed by atoms with van der Waals surface area (Å²) in [6.45, 7) is 10.8. The largest absolute Gasteiger partial charge is 0.481 e. The molecule has 1 atom stereocenters. The van der Waals surface area contributed by atoms with Crippen LogP contribution in [0.15, 0.2) is 0 Å². The van der Waals surface area contributed by atoms with E-state index in [1.54, 1.807) is 25.7 Å². The van der Waals surface area contributed by atoms with Gasteiger partial charge in [0.15, 0.2) is 0 Å². The van der Waals surface area contributed by atoms with Crippen molar-refractivity contribution in [3.63, 3.8) is 0 Å². The Balaban J connectivity index is 2.88. The van der Waals surface area contributed by atoms with Crippen LogP contribution in [0.25, 0.3) is 0 Å². The Morgan fingerprint density at radius 3 is 2.28 bits per heavy atom. The van der Waals surface area contributed by atoms with Gasteiger partial charge in [-0.25, -0.2) is 0 Å². The fourth-order valence-electron chi connectivity index (χ4n) is 2.23. The summed E-state index contributed by atoms with van der Waals surface area (Å²) in [4.78, 5) is 25.5. The molecule has 0 aromatic heterocycles. The van der Waals surface area contributed by atoms with E-state index in [2.05, 4.69) is 13.8 Å². The second-order valence-corrected chi connectivity index (χ2v) is 8.31. The highest BCUT2D eigenvalue weighted by molar-refractivity contribution is 8.00. The first-order valence-electron chi connectivity index (χ1n) is 6.20. The lowest BCUT2D eigenvalue weighted by Crippen LogP contribution is -2.52. The molecule has 5 heteroatoms. The van der Waals surface area contributed by atoms with Gasteiger partial charge in [0, 0.05) is 23.6 Å². The van der Waals surface area contributed by atoms with Crippen molar-refractivity contribution in [1.29, 1.82) is 0 Å². The molecule has 0 aliphatic carbocycles. The summed E-state index contributed by atoms with van der Waals surface area (Å²) in [7, 11) is 0. The number of hydrogen-bond acceptors (Lipinski definition) is 3. The summed E-state index contributed by atoms with van der Waals surface area (Å²) < 4.78 is 0.00878. The molecule has 0 radical (unpaired) electrons. The third-order valence-corrected chi connectivity index (χ3v) is 4.39. The van der Waals surface area contributed by atoms with Gasteiger partial charge in [0.1, 0.15) is 5.92 Å². The van der Waals surface area contributed by atoms with Gasteiger partial charge in [-0.1, -0.05) is 20.8 Å². The number of nitrogens with zero attached hydrogens (tertiary/aromatic N) is 1. The molecule has 1 unspecified atom stereocenters. The van der Waals surface area contributed by atoms with E-state index in [1.807, 2.05) is 11.8 Å². The average molecular weight is 273 g/mol. The molecule has 104 valence electrons. The molecule has 1 saturated heterocycles. The zero-order valence-electron chi connectivity index (χ0n) is 11.8. The highest BCUT2D eigenvalue weighted by Crippen LogP contribution is 2.33. The lowest BCUT2D eigenvalue weighted by atomic mass is 9.79. The highest BCUT2D eigenvalue weighted by Gasteiger charge is 2.42. The standard InChI is InChI=1S/C13H23NO3S/c1-12(2,3)9(11(16)17)10(15)14-6-7-18-13(4,5)8-14/h9H,6-8H2,1-5H3,(H,16,17). The SMILES string of the molecule is CC1(C)CN(C(=O)C(C(=O)O)C(C)(C)C)CCS1. The van der Waals surface area contributed by atoms with Gasteiger partial charge in [-0.15, -0.1) is 0 Å². The third kappa shape index (κ3) is 3.64. The lowest BCUT2D eigenvalue weighted by molar-refractivity contribution is -0.156. The number of amides is 1. The lowest BCUT2D eigenvalue weighted by Gasteiger charge is -2.40. The van der Waals surface area contributed by atoms with Crippen molar-refractivity contribution in [2.24, 2.45) is 11.3 Å². The zero-order chi connectivity index (χ0) is 14.1. The molecular formula is C13H23NO3S. The van der Waals surface area contributed by atoms with E-state index in [9.17, 15) is 14.7 Å². The number of carbonyl (C=O) groups excluding carboxylic acids is 1. The van der Waals surface area contributed by atoms with Crippen LogP contribution in [-0.2, 0) is 9.59 Å². The van der Waals surface area contributed by atoms with Crippen molar-refractivity contribution in [3.8, 4) is 0 Å². The maximum atomic E-state index is 12.4. The zero-order valence-corrected chi connectivity index (χ0v) is 12.6. The smallest absolute Gasteiger partial charge is 0.316 e. The molecule has 0 spiro atoms. The fourth-order valence-corrected chi connectivity index (χ4v) is 3.35. The number of carboxylic acids is 1. The fraction of sp³-hybridized carbons (Fsp3) is 0.846. The van der Waals surface area contributed by atoms with Crippen molar-refractivity contribution < 1.29 is 14.7 Å². The molecule has 18 heavy (non-hydrogen) atoms. The van der Waals surface area contributed by atoms with Crippen molar-refractivity contribution in [3.05, 3.63) is 0 Å². The summed E-state index contributed by atoms with van der Waals surface area (Å²) >= 11 is 1.83. The Morgan fingerprint density at radius 1 is 1.33 bits per heavy atom. The number of thioether (sulfide) groups is 1. The van der Waals surface area contributed by atoms with E-state index in [0.29, 0.717) is 13.1 Å². The average Bonchev–Trinajstić information content (AvgIpc) is 2.12. The van der Waals surface area contributed by atoms with E-state index in [0.717, 1.165) is 5.75 Å². The summed E-state index contributed by atoms with van der Waals surface area (Å²) in [6, 6.07) is 0. The summed E-state index contributed by atoms with van der Waals surface area (Å²) in [5, 5.41) is 9.29. The molecule has 1 aliphatic heterocycles. The van der Waals surface area contributed by atoms with E-state index >= 15 is 0 Å². The summed E-state index contributed by atoms with van der Waals surface area (Å²) in [5.74, 6) is -1.36. The Labute approximate surface area is 113 Å².